The predicted molar refractivity (Wildman–Crippen MR) is 136 cm³/mol. The van der Waals surface area contributed by atoms with Crippen LogP contribution in [0.5, 0.6) is 0 Å². The number of nitrogens with two attached hydrogens (primary N) is 1. The summed E-state index contributed by atoms with van der Waals surface area (Å²) in [6.07, 6.45) is 0.659. The van der Waals surface area contributed by atoms with Crippen LogP contribution in [-0.4, -0.2) is 42.8 Å². The molecule has 2 aromatic rings. The minimum absolute atomic E-state index is 0.0782. The summed E-state index contributed by atoms with van der Waals surface area (Å²) in [5.41, 5.74) is 8.78. The molecule has 3 rings (SSSR count). The molecule has 1 aliphatic carbocycles. The summed E-state index contributed by atoms with van der Waals surface area (Å²) >= 11 is 5.67. The van der Waals surface area contributed by atoms with Gasteiger partial charge >= 0.3 is 11.8 Å². The van der Waals surface area contributed by atoms with E-state index in [1.54, 1.807) is 0 Å². The lowest BCUT2D eigenvalue weighted by Crippen LogP contribution is -2.42. The molecule has 0 bridgehead atoms. The normalized spacial score (nSPS) is 16.8. The van der Waals surface area contributed by atoms with Gasteiger partial charge in [-0.25, -0.2) is 4.39 Å². The average Bonchev–Trinajstić information content (AvgIpc) is 3.10. The van der Waals surface area contributed by atoms with Gasteiger partial charge in [0.2, 0.25) is 0 Å². The van der Waals surface area contributed by atoms with Crippen molar-refractivity contribution in [1.82, 2.24) is 15.5 Å². The first kappa shape index (κ1) is 26.4. The zero-order valence-electron chi connectivity index (χ0n) is 20.1. The van der Waals surface area contributed by atoms with Gasteiger partial charge < -0.3 is 26.6 Å². The van der Waals surface area contributed by atoms with Crippen molar-refractivity contribution >= 4 is 35.1 Å². The van der Waals surface area contributed by atoms with Gasteiger partial charge in [0.15, 0.2) is 5.96 Å². The SMILES string of the molecule is CC(C)CN(C)Cc1ccc2c(c1)C[C@H](CNC(=N)N)[C@H]2NC(=O)C(=O)Nc1ccc(Cl)c(F)c1. The lowest BCUT2D eigenvalue weighted by Gasteiger charge is -2.22. The first-order valence-electron chi connectivity index (χ1n) is 11.5. The van der Waals surface area contributed by atoms with Gasteiger partial charge in [-0.3, -0.25) is 15.0 Å². The zero-order valence-corrected chi connectivity index (χ0v) is 20.9. The topological polar surface area (TPSA) is 123 Å². The fourth-order valence-electron chi connectivity index (χ4n) is 4.49. The van der Waals surface area contributed by atoms with Crippen molar-refractivity contribution in [2.75, 3.05) is 25.5 Å². The fraction of sp³-hybridized carbons (Fsp3) is 0.400. The molecule has 0 fully saturated rings. The molecular weight excluding hydrogens is 471 g/mol. The number of hydrogen-bond acceptors (Lipinski definition) is 4. The highest BCUT2D eigenvalue weighted by molar-refractivity contribution is 6.39. The monoisotopic (exact) mass is 502 g/mol. The highest BCUT2D eigenvalue weighted by Crippen LogP contribution is 2.36. The molecule has 0 aromatic heterocycles. The highest BCUT2D eigenvalue weighted by Gasteiger charge is 2.35. The Hall–Kier alpha value is -3.17. The van der Waals surface area contributed by atoms with E-state index in [1.807, 2.05) is 12.1 Å². The molecule has 0 aliphatic heterocycles. The number of nitrogens with zero attached hydrogens (tertiary/aromatic N) is 1. The van der Waals surface area contributed by atoms with Crippen LogP contribution in [-0.2, 0) is 22.6 Å². The summed E-state index contributed by atoms with van der Waals surface area (Å²) in [5.74, 6) is -2.16. The van der Waals surface area contributed by atoms with Crippen LogP contribution in [0.2, 0.25) is 5.02 Å². The predicted octanol–water partition coefficient (Wildman–Crippen LogP) is 3.02. The Morgan fingerprint density at radius 2 is 1.97 bits per heavy atom. The van der Waals surface area contributed by atoms with Crippen molar-refractivity contribution in [3.63, 3.8) is 0 Å². The van der Waals surface area contributed by atoms with Crippen molar-refractivity contribution < 1.29 is 14.0 Å². The molecule has 6 N–H and O–H groups in total. The van der Waals surface area contributed by atoms with E-state index in [9.17, 15) is 14.0 Å². The van der Waals surface area contributed by atoms with Gasteiger partial charge in [-0.2, -0.15) is 0 Å². The molecule has 10 heteroatoms. The van der Waals surface area contributed by atoms with Gasteiger partial charge in [0.05, 0.1) is 11.1 Å². The number of halogens is 2. The summed E-state index contributed by atoms with van der Waals surface area (Å²) in [6, 6.07) is 9.48. The number of rotatable bonds is 8. The summed E-state index contributed by atoms with van der Waals surface area (Å²) < 4.78 is 13.7. The third kappa shape index (κ3) is 7.16. The fourth-order valence-corrected chi connectivity index (χ4v) is 4.60. The number of hydrogen-bond donors (Lipinski definition) is 5. The highest BCUT2D eigenvalue weighted by atomic mass is 35.5. The van der Waals surface area contributed by atoms with E-state index in [0.717, 1.165) is 30.3 Å². The molecule has 0 spiro atoms. The van der Waals surface area contributed by atoms with E-state index in [1.165, 1.54) is 17.7 Å². The van der Waals surface area contributed by atoms with E-state index in [0.29, 0.717) is 18.9 Å². The van der Waals surface area contributed by atoms with Crippen molar-refractivity contribution in [2.24, 2.45) is 17.6 Å². The maximum atomic E-state index is 13.7. The van der Waals surface area contributed by atoms with Gasteiger partial charge in [0.25, 0.3) is 0 Å². The van der Waals surface area contributed by atoms with Gasteiger partial charge in [-0.15, -0.1) is 0 Å². The lowest BCUT2D eigenvalue weighted by molar-refractivity contribution is -0.136. The van der Waals surface area contributed by atoms with Crippen LogP contribution in [0.15, 0.2) is 36.4 Å². The smallest absolute Gasteiger partial charge is 0.313 e. The van der Waals surface area contributed by atoms with E-state index in [4.69, 9.17) is 22.7 Å². The van der Waals surface area contributed by atoms with Gasteiger partial charge in [-0.1, -0.05) is 43.6 Å². The maximum absolute atomic E-state index is 13.7. The van der Waals surface area contributed by atoms with Crippen LogP contribution in [0, 0.1) is 23.1 Å². The molecule has 35 heavy (non-hydrogen) atoms. The molecule has 2 amide bonds. The van der Waals surface area contributed by atoms with E-state index >= 15 is 0 Å². The minimum atomic E-state index is -0.912. The van der Waals surface area contributed by atoms with E-state index in [-0.39, 0.29) is 22.6 Å². The Morgan fingerprint density at radius 1 is 1.23 bits per heavy atom. The van der Waals surface area contributed by atoms with E-state index < -0.39 is 23.7 Å². The van der Waals surface area contributed by atoms with Gasteiger partial charge in [-0.05, 0) is 54.3 Å². The Bertz CT molecular complexity index is 1110. The van der Waals surface area contributed by atoms with E-state index in [2.05, 4.69) is 47.8 Å². The quantitative estimate of drug-likeness (QED) is 0.216. The minimum Gasteiger partial charge on any atom is -0.370 e. The van der Waals surface area contributed by atoms with Gasteiger partial charge in [0, 0.05) is 31.2 Å². The number of carbonyl (C=O) groups excluding carboxylic acids is 2. The molecule has 8 nitrogen and oxygen atoms in total. The summed E-state index contributed by atoms with van der Waals surface area (Å²) in [7, 11) is 2.08. The van der Waals surface area contributed by atoms with Crippen molar-refractivity contribution in [3.05, 3.63) is 63.9 Å². The second-order valence-corrected chi connectivity index (χ2v) is 9.82. The van der Waals surface area contributed by atoms with Crippen molar-refractivity contribution in [3.8, 4) is 0 Å². The number of guanidine groups is 1. The van der Waals surface area contributed by atoms with Crippen molar-refractivity contribution in [1.29, 1.82) is 5.41 Å². The first-order valence-corrected chi connectivity index (χ1v) is 11.9. The van der Waals surface area contributed by atoms with Crippen LogP contribution in [0.4, 0.5) is 10.1 Å². The number of benzene rings is 2. The second kappa shape index (κ2) is 11.5. The van der Waals surface area contributed by atoms with Crippen LogP contribution in [0.1, 0.15) is 36.6 Å². The Kier molecular flexibility index (Phi) is 8.69. The Balaban J connectivity index is 1.75. The third-order valence-electron chi connectivity index (χ3n) is 5.85. The number of carbonyl (C=O) groups is 2. The molecule has 2 atom stereocenters. The zero-order chi connectivity index (χ0) is 25.7. The first-order chi connectivity index (χ1) is 16.5. The molecule has 0 radical (unpaired) electrons. The molecular formula is C25H32ClFN6O2. The average molecular weight is 503 g/mol. The molecule has 2 aromatic carbocycles. The number of amides is 2. The maximum Gasteiger partial charge on any atom is 0.313 e. The molecule has 188 valence electrons. The van der Waals surface area contributed by atoms with Gasteiger partial charge in [0.1, 0.15) is 5.82 Å². The van der Waals surface area contributed by atoms with Crippen molar-refractivity contribution in [2.45, 2.75) is 32.9 Å². The standard InChI is InChI=1S/C25H32ClFN6O2/c1-14(2)12-33(3)13-15-4-6-19-16(8-15)9-17(11-30-25(28)29)22(19)32-24(35)23(34)31-18-5-7-20(26)21(27)10-18/h4-8,10,14,17,22H,9,11-13H2,1-3H3,(H,31,34)(H,32,35)(H4,28,29,30)/t17-,22-/m1/s1. The number of nitrogens with one attached hydrogen (secondary N) is 4. The van der Waals surface area contributed by atoms with Crippen LogP contribution >= 0.6 is 11.6 Å². The number of anilines is 1. The summed E-state index contributed by atoms with van der Waals surface area (Å²) in [5, 5.41) is 15.4. The second-order valence-electron chi connectivity index (χ2n) is 9.42. The molecule has 1 aliphatic rings. The molecule has 0 saturated heterocycles. The molecule has 0 unspecified atom stereocenters. The lowest BCUT2D eigenvalue weighted by atomic mass is 10.00. The summed E-state index contributed by atoms with van der Waals surface area (Å²) in [4.78, 5) is 27.5. The Labute approximate surface area is 209 Å². The van der Waals surface area contributed by atoms with Crippen LogP contribution in [0.25, 0.3) is 0 Å². The van der Waals surface area contributed by atoms with Crippen LogP contribution < -0.4 is 21.7 Å². The summed E-state index contributed by atoms with van der Waals surface area (Å²) in [6.45, 7) is 6.51. The largest absolute Gasteiger partial charge is 0.370 e. The number of fused-ring (bicyclic) bond motifs is 1. The molecule has 0 heterocycles. The van der Waals surface area contributed by atoms with Crippen LogP contribution in [0.3, 0.4) is 0 Å². The Morgan fingerprint density at radius 3 is 2.63 bits per heavy atom. The molecule has 0 saturated carbocycles. The third-order valence-corrected chi connectivity index (χ3v) is 6.16.